The van der Waals surface area contributed by atoms with Gasteiger partial charge in [0, 0.05) is 34.3 Å². The fraction of sp³-hybridized carbons (Fsp3) is 0.273. The number of allylic oxidation sites excluding steroid dienone is 2. The maximum atomic E-state index is 4.68. The van der Waals surface area contributed by atoms with Crippen molar-refractivity contribution in [2.75, 3.05) is 5.32 Å². The molecule has 0 aliphatic heterocycles. The van der Waals surface area contributed by atoms with Crippen molar-refractivity contribution in [3.63, 3.8) is 0 Å². The van der Waals surface area contributed by atoms with Crippen LogP contribution in [0.5, 0.6) is 0 Å². The third kappa shape index (κ3) is 5.63. The molecular formula is C33H36N8. The molecule has 8 nitrogen and oxygen atoms in total. The maximum absolute atomic E-state index is 4.68. The van der Waals surface area contributed by atoms with Gasteiger partial charge in [0.25, 0.3) is 0 Å². The molecule has 0 saturated heterocycles. The zero-order valence-corrected chi connectivity index (χ0v) is 23.7. The van der Waals surface area contributed by atoms with Gasteiger partial charge in [-0.1, -0.05) is 51.3 Å². The van der Waals surface area contributed by atoms with Gasteiger partial charge in [0.1, 0.15) is 5.69 Å². The molecule has 0 radical (unpaired) electrons. The van der Waals surface area contributed by atoms with Gasteiger partial charge >= 0.3 is 0 Å². The summed E-state index contributed by atoms with van der Waals surface area (Å²) in [5, 5.41) is 14.3. The van der Waals surface area contributed by atoms with Crippen LogP contribution in [0.25, 0.3) is 45.7 Å². The minimum Gasteiger partial charge on any atom is -0.358 e. The number of hydrogen-bond donors (Lipinski definition) is 3. The fourth-order valence-corrected chi connectivity index (χ4v) is 5.79. The smallest absolute Gasteiger partial charge is 0.116 e. The van der Waals surface area contributed by atoms with Crippen molar-refractivity contribution >= 4 is 34.3 Å². The zero-order valence-electron chi connectivity index (χ0n) is 23.7. The van der Waals surface area contributed by atoms with Crippen molar-refractivity contribution in [2.24, 2.45) is 5.92 Å². The maximum Gasteiger partial charge on any atom is 0.116 e. The Morgan fingerprint density at radius 2 is 1.93 bits per heavy atom. The van der Waals surface area contributed by atoms with Gasteiger partial charge in [-0.25, -0.2) is 4.98 Å². The summed E-state index contributed by atoms with van der Waals surface area (Å²) in [5.41, 5.74) is 8.29. The lowest BCUT2D eigenvalue weighted by Crippen LogP contribution is -2.23. The van der Waals surface area contributed by atoms with Crippen LogP contribution >= 0.6 is 0 Å². The summed E-state index contributed by atoms with van der Waals surface area (Å²) in [6, 6.07) is 4.20. The molecule has 0 bridgehead atoms. The third-order valence-electron chi connectivity index (χ3n) is 7.90. The molecule has 208 valence electrons. The Morgan fingerprint density at radius 1 is 1.10 bits per heavy atom. The highest BCUT2D eigenvalue weighted by Crippen LogP contribution is 2.29. The summed E-state index contributed by atoms with van der Waals surface area (Å²) >= 11 is 0. The van der Waals surface area contributed by atoms with E-state index in [1.54, 1.807) is 0 Å². The summed E-state index contributed by atoms with van der Waals surface area (Å²) in [5.74, 6) is 0.729. The van der Waals surface area contributed by atoms with Gasteiger partial charge in [0.05, 0.1) is 58.5 Å². The van der Waals surface area contributed by atoms with Crippen LogP contribution in [0.4, 0.5) is 5.69 Å². The van der Waals surface area contributed by atoms with Crippen LogP contribution < -0.4 is 15.9 Å². The van der Waals surface area contributed by atoms with E-state index in [9.17, 15) is 0 Å². The number of aromatic nitrogens is 7. The molecule has 0 atom stereocenters. The van der Waals surface area contributed by atoms with E-state index in [0.717, 1.165) is 79.1 Å². The number of aryl methyl sites for hydroxylation is 1. The molecule has 1 aliphatic carbocycles. The summed E-state index contributed by atoms with van der Waals surface area (Å²) in [7, 11) is 0. The van der Waals surface area contributed by atoms with Gasteiger partial charge in [-0.3, -0.25) is 15.1 Å². The van der Waals surface area contributed by atoms with Crippen molar-refractivity contribution in [1.29, 1.82) is 0 Å². The van der Waals surface area contributed by atoms with E-state index < -0.39 is 0 Å². The van der Waals surface area contributed by atoms with E-state index in [1.807, 2.05) is 61.8 Å². The second kappa shape index (κ2) is 11.4. The SMILES string of the molecule is C=C(CC1CCCCC1)Nc1cncc(C(=C)/C=c2/c(-c3cc4c(-n5cnc(C)c5)cncc4[nH]3)n[nH]/c2=C/C)c1. The summed E-state index contributed by atoms with van der Waals surface area (Å²) < 4.78 is 1.99. The topological polar surface area (TPSA) is 100 Å². The predicted octanol–water partition coefficient (Wildman–Crippen LogP) is 6.03. The molecule has 5 heterocycles. The highest BCUT2D eigenvalue weighted by Gasteiger charge is 2.15. The van der Waals surface area contributed by atoms with Gasteiger partial charge in [-0.05, 0) is 50.0 Å². The van der Waals surface area contributed by atoms with Crippen molar-refractivity contribution in [3.05, 3.63) is 90.1 Å². The van der Waals surface area contributed by atoms with E-state index in [4.69, 9.17) is 0 Å². The molecule has 41 heavy (non-hydrogen) atoms. The Hall–Kier alpha value is -4.72. The van der Waals surface area contributed by atoms with E-state index in [0.29, 0.717) is 0 Å². The predicted molar refractivity (Wildman–Crippen MR) is 167 cm³/mol. The standard InChI is InChI=1S/C33H36N8/c1-5-29-28(11-21(2)25-13-26(16-34-15-25)37-22(3)12-24-9-7-6-8-10-24)33(40-39-29)30-14-27-31(38-30)17-35-18-32(27)41-19-23(4)36-20-41/h5,11,13-20,24,37-39H,2-3,6-10,12H2,1,4H3/b28-11+,29-5+. The van der Waals surface area contributed by atoms with Gasteiger partial charge in [-0.15, -0.1) is 0 Å². The average Bonchev–Trinajstić information content (AvgIpc) is 3.71. The summed E-state index contributed by atoms with van der Waals surface area (Å²) in [4.78, 5) is 16.8. The first-order valence-corrected chi connectivity index (χ1v) is 14.3. The summed E-state index contributed by atoms with van der Waals surface area (Å²) in [6.07, 6.45) is 22.9. The largest absolute Gasteiger partial charge is 0.358 e. The van der Waals surface area contributed by atoms with E-state index >= 15 is 0 Å². The fourth-order valence-electron chi connectivity index (χ4n) is 5.79. The Morgan fingerprint density at radius 3 is 2.71 bits per heavy atom. The molecule has 0 spiro atoms. The highest BCUT2D eigenvalue weighted by atomic mass is 15.1. The number of fused-ring (bicyclic) bond motifs is 1. The van der Waals surface area contributed by atoms with Crippen LogP contribution in [0.15, 0.2) is 68.3 Å². The Kier molecular flexibility index (Phi) is 7.37. The number of anilines is 1. The molecule has 1 fully saturated rings. The second-order valence-electron chi connectivity index (χ2n) is 11.0. The van der Waals surface area contributed by atoms with Crippen molar-refractivity contribution < 1.29 is 0 Å². The van der Waals surface area contributed by atoms with Crippen molar-refractivity contribution in [1.82, 2.24) is 34.7 Å². The minimum atomic E-state index is 0.729. The number of hydrogen-bond acceptors (Lipinski definition) is 5. The van der Waals surface area contributed by atoms with Crippen LogP contribution in [0, 0.1) is 12.8 Å². The van der Waals surface area contributed by atoms with Gasteiger partial charge in [0.2, 0.25) is 0 Å². The zero-order chi connectivity index (χ0) is 28.3. The molecule has 5 aromatic rings. The molecule has 3 N–H and O–H groups in total. The lowest BCUT2D eigenvalue weighted by atomic mass is 9.86. The number of nitrogens with one attached hydrogen (secondary N) is 3. The third-order valence-corrected chi connectivity index (χ3v) is 7.90. The molecule has 6 rings (SSSR count). The molecule has 0 amide bonds. The summed E-state index contributed by atoms with van der Waals surface area (Å²) in [6.45, 7) is 12.7. The lowest BCUT2D eigenvalue weighted by molar-refractivity contribution is 0.357. The number of pyridine rings is 2. The Bertz CT molecular complexity index is 1850. The highest BCUT2D eigenvalue weighted by molar-refractivity contribution is 5.93. The molecule has 1 saturated carbocycles. The monoisotopic (exact) mass is 544 g/mol. The molecule has 5 aromatic heterocycles. The van der Waals surface area contributed by atoms with Crippen LogP contribution in [0.2, 0.25) is 0 Å². The van der Waals surface area contributed by atoms with Crippen LogP contribution in [-0.4, -0.2) is 34.7 Å². The second-order valence-corrected chi connectivity index (χ2v) is 11.0. The first kappa shape index (κ1) is 26.5. The Labute approximate surface area is 239 Å². The van der Waals surface area contributed by atoms with E-state index in [2.05, 4.69) is 66.8 Å². The van der Waals surface area contributed by atoms with Gasteiger partial charge in [0.15, 0.2) is 0 Å². The van der Waals surface area contributed by atoms with Gasteiger partial charge in [-0.2, -0.15) is 5.10 Å². The normalized spacial score (nSPS) is 15.1. The Balaban J connectivity index is 1.30. The molecule has 0 unspecified atom stereocenters. The van der Waals surface area contributed by atoms with Crippen molar-refractivity contribution in [2.45, 2.75) is 52.4 Å². The van der Waals surface area contributed by atoms with Crippen LogP contribution in [-0.2, 0) is 0 Å². The number of H-pyrrole nitrogens is 2. The van der Waals surface area contributed by atoms with E-state index in [1.165, 1.54) is 32.1 Å². The quantitative estimate of drug-likeness (QED) is 0.221. The number of imidazole rings is 1. The molecular weight excluding hydrogens is 508 g/mol. The van der Waals surface area contributed by atoms with E-state index in [-0.39, 0.29) is 0 Å². The number of nitrogens with zero attached hydrogens (tertiary/aromatic N) is 5. The molecule has 0 aromatic carbocycles. The van der Waals surface area contributed by atoms with Crippen LogP contribution in [0.3, 0.4) is 0 Å². The minimum absolute atomic E-state index is 0.729. The molecule has 1 aliphatic rings. The average molecular weight is 545 g/mol. The number of rotatable bonds is 8. The number of aromatic amines is 2. The van der Waals surface area contributed by atoms with Gasteiger partial charge < -0.3 is 14.9 Å². The molecule has 8 heteroatoms. The van der Waals surface area contributed by atoms with Crippen LogP contribution in [0.1, 0.15) is 56.7 Å². The van der Waals surface area contributed by atoms with Crippen molar-refractivity contribution in [3.8, 4) is 17.1 Å². The first-order chi connectivity index (χ1) is 20.0. The first-order valence-electron chi connectivity index (χ1n) is 14.3. The lowest BCUT2D eigenvalue weighted by Gasteiger charge is -2.22.